The molecule has 2 amide bonds. The number of likely N-dealkylation sites (tertiary alicyclic amines) is 1. The van der Waals surface area contributed by atoms with Gasteiger partial charge in [-0.25, -0.2) is 9.78 Å². The number of amides is 2. The van der Waals surface area contributed by atoms with Crippen molar-refractivity contribution in [2.75, 3.05) is 32.7 Å². The molecule has 0 radical (unpaired) electrons. The Morgan fingerprint density at radius 1 is 1.16 bits per heavy atom. The van der Waals surface area contributed by atoms with Crippen LogP contribution < -0.4 is 10.9 Å². The maximum atomic E-state index is 13.9. The molecule has 2 atom stereocenters. The Hall–Kier alpha value is -3.24. The zero-order chi connectivity index (χ0) is 25.6. The normalized spacial score (nSPS) is 25.7. The molecule has 4 heterocycles. The molecule has 1 aromatic carbocycles. The van der Waals surface area contributed by atoms with E-state index in [1.165, 1.54) is 17.1 Å². The maximum absolute atomic E-state index is 13.9. The number of hydrogen-bond donors (Lipinski definition) is 2. The van der Waals surface area contributed by atoms with Gasteiger partial charge in [-0.2, -0.15) is 5.10 Å². The van der Waals surface area contributed by atoms with Gasteiger partial charge in [0.25, 0.3) is 5.56 Å². The number of aryl methyl sites for hydroxylation is 1. The standard InChI is InChI=1S/C27H35N7O3/c1-31-23-21(15-30-31)24(35)33(19-29-23)18-27(37)11-13-32(17-26(27)9-5-6-10-26)25(36)34-14-12-28-16-22(34)20-7-3-2-4-8-20/h2-4,7-8,15,19,22,28,37H,5-6,9-14,16-18H2,1H3. The molecule has 3 aromatic rings. The number of rotatable bonds is 3. The summed E-state index contributed by atoms with van der Waals surface area (Å²) >= 11 is 0. The van der Waals surface area contributed by atoms with E-state index in [0.717, 1.165) is 44.3 Å². The predicted octanol–water partition coefficient (Wildman–Crippen LogP) is 1.89. The molecule has 1 saturated carbocycles. The highest BCUT2D eigenvalue weighted by Gasteiger charge is 2.56. The molecule has 196 valence electrons. The van der Waals surface area contributed by atoms with E-state index < -0.39 is 11.0 Å². The first-order chi connectivity index (χ1) is 17.9. The summed E-state index contributed by atoms with van der Waals surface area (Å²) in [5.74, 6) is 0. The molecular weight excluding hydrogens is 470 g/mol. The summed E-state index contributed by atoms with van der Waals surface area (Å²) in [7, 11) is 1.76. The van der Waals surface area contributed by atoms with Crippen molar-refractivity contribution >= 4 is 17.1 Å². The van der Waals surface area contributed by atoms with Gasteiger partial charge in [-0.15, -0.1) is 0 Å². The second kappa shape index (κ2) is 9.25. The lowest BCUT2D eigenvalue weighted by molar-refractivity contribution is -0.136. The second-order valence-electron chi connectivity index (χ2n) is 11.0. The highest BCUT2D eigenvalue weighted by atomic mass is 16.3. The first-order valence-electron chi connectivity index (χ1n) is 13.3. The summed E-state index contributed by atoms with van der Waals surface area (Å²) in [6.07, 6.45) is 7.20. The summed E-state index contributed by atoms with van der Waals surface area (Å²) < 4.78 is 3.11. The average molecular weight is 506 g/mol. The number of aromatic nitrogens is 4. The minimum absolute atomic E-state index is 0.0151. The van der Waals surface area contributed by atoms with Gasteiger partial charge in [0.1, 0.15) is 11.7 Å². The summed E-state index contributed by atoms with van der Waals surface area (Å²) in [5.41, 5.74) is -0.0625. The van der Waals surface area contributed by atoms with Crippen LogP contribution in [0.3, 0.4) is 0 Å². The molecule has 1 spiro atoms. The Kier molecular flexibility index (Phi) is 6.03. The fourth-order valence-electron chi connectivity index (χ4n) is 6.81. The van der Waals surface area contributed by atoms with Gasteiger partial charge in [-0.1, -0.05) is 43.2 Å². The number of fused-ring (bicyclic) bond motifs is 1. The lowest BCUT2D eigenvalue weighted by Gasteiger charge is -2.53. The molecule has 1 aliphatic carbocycles. The van der Waals surface area contributed by atoms with Crippen molar-refractivity contribution in [1.29, 1.82) is 0 Å². The lowest BCUT2D eigenvalue weighted by Crippen LogP contribution is -2.64. The van der Waals surface area contributed by atoms with Gasteiger partial charge in [-0.3, -0.25) is 14.0 Å². The van der Waals surface area contributed by atoms with Crippen LogP contribution >= 0.6 is 0 Å². The van der Waals surface area contributed by atoms with Gasteiger partial charge >= 0.3 is 6.03 Å². The van der Waals surface area contributed by atoms with E-state index in [4.69, 9.17) is 0 Å². The fourth-order valence-corrected chi connectivity index (χ4v) is 6.81. The molecular formula is C27H35N7O3. The number of carbonyl (C=O) groups is 1. The van der Waals surface area contributed by atoms with Gasteiger partial charge < -0.3 is 20.2 Å². The van der Waals surface area contributed by atoms with Crippen LogP contribution in [-0.4, -0.2) is 78.6 Å². The molecule has 6 rings (SSSR count). The lowest BCUT2D eigenvalue weighted by atomic mass is 9.66. The highest BCUT2D eigenvalue weighted by Crippen LogP contribution is 2.51. The Labute approximate surface area is 215 Å². The van der Waals surface area contributed by atoms with Gasteiger partial charge in [0.05, 0.1) is 24.4 Å². The Morgan fingerprint density at radius 2 is 1.95 bits per heavy atom. The molecule has 2 saturated heterocycles. The van der Waals surface area contributed by atoms with Crippen molar-refractivity contribution in [2.45, 2.75) is 50.3 Å². The maximum Gasteiger partial charge on any atom is 0.320 e. The third-order valence-electron chi connectivity index (χ3n) is 8.93. The Balaban J connectivity index is 1.26. The quantitative estimate of drug-likeness (QED) is 0.563. The number of urea groups is 1. The van der Waals surface area contributed by atoms with E-state index in [2.05, 4.69) is 27.5 Å². The Morgan fingerprint density at radius 3 is 2.73 bits per heavy atom. The van der Waals surface area contributed by atoms with E-state index in [-0.39, 0.29) is 24.2 Å². The third-order valence-corrected chi connectivity index (χ3v) is 8.93. The Bertz CT molecular complexity index is 1350. The third kappa shape index (κ3) is 4.02. The second-order valence-corrected chi connectivity index (χ2v) is 11.0. The molecule has 10 nitrogen and oxygen atoms in total. The van der Waals surface area contributed by atoms with Crippen LogP contribution in [0, 0.1) is 5.41 Å². The van der Waals surface area contributed by atoms with Crippen molar-refractivity contribution < 1.29 is 9.90 Å². The SMILES string of the molecule is Cn1ncc2c(=O)n(CC3(O)CCN(C(=O)N4CCNCC4c4ccccc4)CC34CCCC4)cnc21. The average Bonchev–Trinajstić information content (AvgIpc) is 3.56. The van der Waals surface area contributed by atoms with Gasteiger partial charge in [0, 0.05) is 45.2 Å². The summed E-state index contributed by atoms with van der Waals surface area (Å²) in [4.78, 5) is 35.5. The zero-order valence-corrected chi connectivity index (χ0v) is 21.3. The van der Waals surface area contributed by atoms with Crippen LogP contribution in [0.4, 0.5) is 4.79 Å². The zero-order valence-electron chi connectivity index (χ0n) is 21.3. The van der Waals surface area contributed by atoms with Crippen LogP contribution in [0.25, 0.3) is 11.0 Å². The van der Waals surface area contributed by atoms with Crippen molar-refractivity contribution in [2.24, 2.45) is 12.5 Å². The van der Waals surface area contributed by atoms with Crippen molar-refractivity contribution in [3.63, 3.8) is 0 Å². The van der Waals surface area contributed by atoms with E-state index in [1.807, 2.05) is 28.0 Å². The molecule has 3 aliphatic rings. The summed E-state index contributed by atoms with van der Waals surface area (Å²) in [6, 6.07) is 10.2. The smallest absolute Gasteiger partial charge is 0.320 e. The minimum atomic E-state index is -1.09. The number of aliphatic hydroxyl groups is 1. The van der Waals surface area contributed by atoms with E-state index in [1.54, 1.807) is 11.7 Å². The fraction of sp³-hybridized carbons (Fsp3) is 0.556. The molecule has 37 heavy (non-hydrogen) atoms. The number of hydrogen-bond acceptors (Lipinski definition) is 6. The largest absolute Gasteiger partial charge is 0.387 e. The highest BCUT2D eigenvalue weighted by molar-refractivity contribution is 5.75. The number of benzene rings is 1. The first kappa shape index (κ1) is 24.1. The molecule has 2 aromatic heterocycles. The van der Waals surface area contributed by atoms with Crippen LogP contribution in [0.2, 0.25) is 0 Å². The topological polar surface area (TPSA) is 109 Å². The van der Waals surface area contributed by atoms with Crippen LogP contribution in [0.1, 0.15) is 43.7 Å². The van der Waals surface area contributed by atoms with Gasteiger partial charge in [0.15, 0.2) is 5.65 Å². The van der Waals surface area contributed by atoms with E-state index >= 15 is 0 Å². The number of carbonyl (C=O) groups excluding carboxylic acids is 1. The molecule has 0 bridgehead atoms. The summed E-state index contributed by atoms with van der Waals surface area (Å²) in [6.45, 7) is 3.28. The predicted molar refractivity (Wildman–Crippen MR) is 139 cm³/mol. The first-order valence-corrected chi connectivity index (χ1v) is 13.3. The number of piperazine rings is 1. The van der Waals surface area contributed by atoms with Crippen molar-refractivity contribution in [3.8, 4) is 0 Å². The summed E-state index contributed by atoms with van der Waals surface area (Å²) in [5, 5.41) is 20.2. The van der Waals surface area contributed by atoms with Crippen LogP contribution in [-0.2, 0) is 13.6 Å². The van der Waals surface area contributed by atoms with Crippen LogP contribution in [0.5, 0.6) is 0 Å². The number of nitrogens with zero attached hydrogens (tertiary/aromatic N) is 6. The van der Waals surface area contributed by atoms with Gasteiger partial charge in [0.2, 0.25) is 0 Å². The van der Waals surface area contributed by atoms with Crippen molar-refractivity contribution in [1.82, 2.24) is 34.4 Å². The molecule has 2 unspecified atom stereocenters. The monoisotopic (exact) mass is 505 g/mol. The molecule has 2 N–H and O–H groups in total. The molecule has 10 heteroatoms. The van der Waals surface area contributed by atoms with E-state index in [0.29, 0.717) is 37.1 Å². The number of piperidine rings is 1. The van der Waals surface area contributed by atoms with Gasteiger partial charge in [-0.05, 0) is 24.8 Å². The molecule has 3 fully saturated rings. The van der Waals surface area contributed by atoms with Crippen LogP contribution in [0.15, 0.2) is 47.7 Å². The number of nitrogens with one attached hydrogen (secondary N) is 1. The molecule has 2 aliphatic heterocycles. The minimum Gasteiger partial charge on any atom is -0.387 e. The van der Waals surface area contributed by atoms with Crippen molar-refractivity contribution in [3.05, 3.63) is 58.8 Å². The van der Waals surface area contributed by atoms with E-state index in [9.17, 15) is 14.7 Å².